The third-order valence-electron chi connectivity index (χ3n) is 3.76. The van der Waals surface area contributed by atoms with E-state index in [0.717, 1.165) is 10.5 Å². The summed E-state index contributed by atoms with van der Waals surface area (Å²) in [5, 5.41) is 6.46. The van der Waals surface area contributed by atoms with Crippen molar-refractivity contribution >= 4 is 27.5 Å². The van der Waals surface area contributed by atoms with Crippen molar-refractivity contribution in [2.24, 2.45) is 5.92 Å². The van der Waals surface area contributed by atoms with Gasteiger partial charge in [-0.15, -0.1) is 0 Å². The molecule has 1 N–H and O–H groups in total. The number of fused-ring (bicyclic) bond motifs is 1. The van der Waals surface area contributed by atoms with E-state index in [0.29, 0.717) is 16.6 Å². The summed E-state index contributed by atoms with van der Waals surface area (Å²) in [6.45, 7) is 4.23. The summed E-state index contributed by atoms with van der Waals surface area (Å²) in [4.78, 5) is 16.4. The van der Waals surface area contributed by atoms with Gasteiger partial charge in [0.15, 0.2) is 17.0 Å². The summed E-state index contributed by atoms with van der Waals surface area (Å²) in [6.07, 6.45) is -4.65. The van der Waals surface area contributed by atoms with Gasteiger partial charge in [0.1, 0.15) is 0 Å². The molecular weight excluding hydrogens is 425 g/mol. The zero-order valence-corrected chi connectivity index (χ0v) is 16.1. The third kappa shape index (κ3) is 4.29. The molecule has 9 heteroatoms. The molecule has 2 heterocycles. The molecule has 27 heavy (non-hydrogen) atoms. The molecule has 0 atom stereocenters. The Labute approximate surface area is 161 Å². The number of benzene rings is 1. The molecule has 0 aliphatic rings. The number of nitrogens with one attached hydrogen (secondary N) is 1. The Balaban J connectivity index is 2.10. The Bertz CT molecular complexity index is 981. The lowest BCUT2D eigenvalue weighted by Crippen LogP contribution is -2.27. The highest BCUT2D eigenvalue weighted by atomic mass is 79.9. The molecule has 3 rings (SSSR count). The summed E-state index contributed by atoms with van der Waals surface area (Å²) < 4.78 is 42.1. The van der Waals surface area contributed by atoms with Crippen molar-refractivity contribution in [1.82, 2.24) is 19.9 Å². The molecule has 0 fully saturated rings. The van der Waals surface area contributed by atoms with E-state index in [1.165, 1.54) is 6.07 Å². The highest BCUT2D eigenvalue weighted by Crippen LogP contribution is 2.32. The fourth-order valence-corrected chi connectivity index (χ4v) is 2.71. The fraction of sp³-hybridized carbons (Fsp3) is 0.278. The molecule has 0 unspecified atom stereocenters. The minimum atomic E-state index is -4.65. The van der Waals surface area contributed by atoms with Crippen molar-refractivity contribution in [3.63, 3.8) is 0 Å². The summed E-state index contributed by atoms with van der Waals surface area (Å²) >= 11 is 3.29. The van der Waals surface area contributed by atoms with Crippen molar-refractivity contribution in [2.45, 2.75) is 20.0 Å². The van der Waals surface area contributed by atoms with Crippen molar-refractivity contribution in [3.8, 4) is 11.3 Å². The standard InChI is InChI=1S/C18H16BrF3N4O/c1-10(2)9-23-17(27)14-8-16-24-13(11-3-5-12(19)6-4-11)7-15(18(20,21)22)26(16)25-14/h3-8,10H,9H2,1-2H3,(H,23,27). The maximum Gasteiger partial charge on any atom is 0.433 e. The van der Waals surface area contributed by atoms with Gasteiger partial charge in [0.25, 0.3) is 5.91 Å². The van der Waals surface area contributed by atoms with Gasteiger partial charge in [-0.25, -0.2) is 9.50 Å². The van der Waals surface area contributed by atoms with Crippen LogP contribution in [0.2, 0.25) is 0 Å². The smallest absolute Gasteiger partial charge is 0.350 e. The van der Waals surface area contributed by atoms with Crippen LogP contribution in [0.25, 0.3) is 16.9 Å². The first-order valence-corrected chi connectivity index (χ1v) is 8.96. The van der Waals surface area contributed by atoms with Gasteiger partial charge in [-0.2, -0.15) is 18.3 Å². The van der Waals surface area contributed by atoms with Gasteiger partial charge in [0.2, 0.25) is 0 Å². The van der Waals surface area contributed by atoms with Gasteiger partial charge in [-0.1, -0.05) is 41.9 Å². The van der Waals surface area contributed by atoms with E-state index in [2.05, 4.69) is 31.3 Å². The predicted molar refractivity (Wildman–Crippen MR) is 98.3 cm³/mol. The number of rotatable bonds is 4. The quantitative estimate of drug-likeness (QED) is 0.646. The van der Waals surface area contributed by atoms with Crippen molar-refractivity contribution < 1.29 is 18.0 Å². The van der Waals surface area contributed by atoms with Crippen LogP contribution in [0.4, 0.5) is 13.2 Å². The maximum atomic E-state index is 13.5. The zero-order valence-electron chi connectivity index (χ0n) is 14.5. The number of halogens is 4. The average Bonchev–Trinajstić information content (AvgIpc) is 3.02. The summed E-state index contributed by atoms with van der Waals surface area (Å²) in [6, 6.07) is 8.95. The summed E-state index contributed by atoms with van der Waals surface area (Å²) in [5.74, 6) is -0.327. The predicted octanol–water partition coefficient (Wildman–Crippen LogP) is 4.56. The van der Waals surface area contributed by atoms with Crippen LogP contribution >= 0.6 is 15.9 Å². The largest absolute Gasteiger partial charge is 0.433 e. The molecule has 2 aromatic heterocycles. The lowest BCUT2D eigenvalue weighted by Gasteiger charge is -2.11. The lowest BCUT2D eigenvalue weighted by molar-refractivity contribution is -0.142. The van der Waals surface area contributed by atoms with Gasteiger partial charge in [-0.05, 0) is 24.1 Å². The molecular formula is C18H16BrF3N4O. The summed E-state index contributed by atoms with van der Waals surface area (Å²) in [5.41, 5.74) is -0.470. The first-order valence-electron chi connectivity index (χ1n) is 8.17. The Morgan fingerprint density at radius 1 is 1.22 bits per heavy atom. The highest BCUT2D eigenvalue weighted by Gasteiger charge is 2.35. The van der Waals surface area contributed by atoms with Crippen LogP contribution in [0.5, 0.6) is 0 Å². The minimum Gasteiger partial charge on any atom is -0.350 e. The number of nitrogens with zero attached hydrogens (tertiary/aromatic N) is 3. The molecule has 0 aliphatic carbocycles. The molecule has 0 aliphatic heterocycles. The van der Waals surface area contributed by atoms with Gasteiger partial charge in [0.05, 0.1) is 5.69 Å². The number of alkyl halides is 3. The second-order valence-corrected chi connectivity index (χ2v) is 7.35. The Morgan fingerprint density at radius 2 is 1.89 bits per heavy atom. The van der Waals surface area contributed by atoms with Crippen LogP contribution in [0.15, 0.2) is 40.9 Å². The van der Waals surface area contributed by atoms with Crippen LogP contribution < -0.4 is 5.32 Å². The van der Waals surface area contributed by atoms with E-state index in [9.17, 15) is 18.0 Å². The van der Waals surface area contributed by atoms with Crippen molar-refractivity contribution in [1.29, 1.82) is 0 Å². The van der Waals surface area contributed by atoms with Crippen LogP contribution in [-0.4, -0.2) is 27.0 Å². The van der Waals surface area contributed by atoms with E-state index in [-0.39, 0.29) is 23.0 Å². The first-order chi connectivity index (χ1) is 12.6. The number of amides is 1. The Kier molecular flexibility index (Phi) is 5.23. The molecule has 5 nitrogen and oxygen atoms in total. The molecule has 0 radical (unpaired) electrons. The summed E-state index contributed by atoms with van der Waals surface area (Å²) in [7, 11) is 0. The molecule has 0 bridgehead atoms. The normalized spacial score (nSPS) is 12.0. The zero-order chi connectivity index (χ0) is 19.8. The molecule has 0 saturated heterocycles. The number of hydrogen-bond acceptors (Lipinski definition) is 3. The van der Waals surface area contributed by atoms with E-state index in [1.807, 2.05) is 13.8 Å². The van der Waals surface area contributed by atoms with Gasteiger partial charge < -0.3 is 5.32 Å². The van der Waals surface area contributed by atoms with E-state index < -0.39 is 17.8 Å². The average molecular weight is 441 g/mol. The van der Waals surface area contributed by atoms with Crippen LogP contribution in [0.3, 0.4) is 0 Å². The maximum absolute atomic E-state index is 13.5. The number of aromatic nitrogens is 3. The topological polar surface area (TPSA) is 59.3 Å². The second-order valence-electron chi connectivity index (χ2n) is 6.43. The van der Waals surface area contributed by atoms with Gasteiger partial charge in [-0.3, -0.25) is 4.79 Å². The molecule has 1 aromatic carbocycles. The number of hydrogen-bond donors (Lipinski definition) is 1. The number of carbonyl (C=O) groups excluding carboxylic acids is 1. The molecule has 0 saturated carbocycles. The van der Waals surface area contributed by atoms with E-state index >= 15 is 0 Å². The lowest BCUT2D eigenvalue weighted by atomic mass is 10.1. The fourth-order valence-electron chi connectivity index (χ4n) is 2.44. The van der Waals surface area contributed by atoms with Gasteiger partial charge in [0, 0.05) is 22.6 Å². The van der Waals surface area contributed by atoms with Gasteiger partial charge >= 0.3 is 6.18 Å². The Hall–Kier alpha value is -2.42. The Morgan fingerprint density at radius 3 is 2.48 bits per heavy atom. The van der Waals surface area contributed by atoms with Crippen LogP contribution in [0.1, 0.15) is 30.0 Å². The highest BCUT2D eigenvalue weighted by molar-refractivity contribution is 9.10. The van der Waals surface area contributed by atoms with Crippen LogP contribution in [-0.2, 0) is 6.18 Å². The minimum absolute atomic E-state index is 0.0440. The molecule has 3 aromatic rings. The molecule has 0 spiro atoms. The second kappa shape index (κ2) is 7.30. The molecule has 142 valence electrons. The van der Waals surface area contributed by atoms with Crippen LogP contribution in [0, 0.1) is 5.92 Å². The van der Waals surface area contributed by atoms with Crippen molar-refractivity contribution in [2.75, 3.05) is 6.54 Å². The van der Waals surface area contributed by atoms with E-state index in [1.54, 1.807) is 24.3 Å². The SMILES string of the molecule is CC(C)CNC(=O)c1cc2nc(-c3ccc(Br)cc3)cc(C(F)(F)F)n2n1. The number of carbonyl (C=O) groups is 1. The molecule has 1 amide bonds. The van der Waals surface area contributed by atoms with Crippen molar-refractivity contribution in [3.05, 3.63) is 52.3 Å². The van der Waals surface area contributed by atoms with E-state index in [4.69, 9.17) is 0 Å². The first kappa shape index (κ1) is 19.3. The monoisotopic (exact) mass is 440 g/mol. The third-order valence-corrected chi connectivity index (χ3v) is 4.29.